The molecule has 4 rings (SSSR count). The van der Waals surface area contributed by atoms with Gasteiger partial charge in [-0.25, -0.2) is 4.39 Å². The van der Waals surface area contributed by atoms with Crippen LogP contribution in [0, 0.1) is 5.82 Å². The van der Waals surface area contributed by atoms with Crippen LogP contribution in [0.25, 0.3) is 0 Å². The zero-order valence-electron chi connectivity index (χ0n) is 16.2. The van der Waals surface area contributed by atoms with Crippen LogP contribution in [0.15, 0.2) is 84.0 Å². The molecule has 1 heterocycles. The third kappa shape index (κ3) is 4.69. The minimum atomic E-state index is -0.443. The quantitative estimate of drug-likeness (QED) is 0.540. The molecule has 0 N–H and O–H groups in total. The van der Waals surface area contributed by atoms with Gasteiger partial charge in [-0.2, -0.15) is 0 Å². The molecule has 0 spiro atoms. The van der Waals surface area contributed by atoms with Gasteiger partial charge >= 0.3 is 0 Å². The van der Waals surface area contributed by atoms with Crippen LogP contribution in [0.2, 0.25) is 5.02 Å². The zero-order chi connectivity index (χ0) is 20.9. The normalized spacial score (nSPS) is 15.4. The summed E-state index contributed by atoms with van der Waals surface area (Å²) in [7, 11) is 0. The van der Waals surface area contributed by atoms with Crippen LogP contribution in [0.1, 0.15) is 27.9 Å². The Hall–Kier alpha value is -3.18. The molecule has 0 aliphatic carbocycles. The maximum absolute atomic E-state index is 13.7. The Morgan fingerprint density at radius 3 is 2.60 bits per heavy atom. The Kier molecular flexibility index (Phi) is 6.10. The fourth-order valence-electron chi connectivity index (χ4n) is 3.45. The van der Waals surface area contributed by atoms with E-state index in [-0.39, 0.29) is 12.0 Å². The molecule has 152 valence electrons. The Morgan fingerprint density at radius 1 is 1.07 bits per heavy atom. The third-order valence-corrected chi connectivity index (χ3v) is 5.25. The highest BCUT2D eigenvalue weighted by atomic mass is 35.5. The highest BCUT2D eigenvalue weighted by Gasteiger charge is 2.28. The lowest BCUT2D eigenvalue weighted by Crippen LogP contribution is -2.37. The van der Waals surface area contributed by atoms with Crippen molar-refractivity contribution in [3.63, 3.8) is 0 Å². The summed E-state index contributed by atoms with van der Waals surface area (Å²) in [6, 6.07) is 22.9. The Balaban J connectivity index is 1.52. The predicted octanol–water partition coefficient (Wildman–Crippen LogP) is 5.31. The summed E-state index contributed by atoms with van der Waals surface area (Å²) < 4.78 is 13.7. The summed E-state index contributed by atoms with van der Waals surface area (Å²) in [5, 5.41) is 4.80. The van der Waals surface area contributed by atoms with Gasteiger partial charge < -0.3 is 9.74 Å². The van der Waals surface area contributed by atoms with Crippen molar-refractivity contribution in [2.45, 2.75) is 19.1 Å². The first kappa shape index (κ1) is 20.1. The fraction of sp³-hybridized carbons (Fsp3) is 0.167. The molecule has 0 saturated heterocycles. The number of hydrogen-bond donors (Lipinski definition) is 0. The molecule has 0 radical (unpaired) electrons. The van der Waals surface area contributed by atoms with E-state index in [0.29, 0.717) is 30.1 Å². The standard InChI is InChI=1S/C24H20ClFN2O2/c25-22-12-5-4-11-21(22)23-14-20(30-27-23)16-28(15-17-7-2-1-3-8-17)24(29)18-9-6-10-19(26)13-18/h1-13,20H,14-16H2/t20-/m1/s1. The van der Waals surface area contributed by atoms with Gasteiger partial charge in [-0.05, 0) is 29.8 Å². The van der Waals surface area contributed by atoms with Crippen molar-refractivity contribution >= 4 is 23.2 Å². The number of rotatable bonds is 6. The van der Waals surface area contributed by atoms with E-state index in [9.17, 15) is 9.18 Å². The van der Waals surface area contributed by atoms with Crippen molar-refractivity contribution in [3.8, 4) is 0 Å². The summed E-state index contributed by atoms with van der Waals surface area (Å²) in [5.41, 5.74) is 2.86. The van der Waals surface area contributed by atoms with Crippen molar-refractivity contribution in [2.75, 3.05) is 6.54 Å². The third-order valence-electron chi connectivity index (χ3n) is 4.92. The number of carbonyl (C=O) groups is 1. The minimum absolute atomic E-state index is 0.256. The lowest BCUT2D eigenvalue weighted by Gasteiger charge is -2.25. The second-order valence-electron chi connectivity index (χ2n) is 7.13. The Bertz CT molecular complexity index is 1070. The monoisotopic (exact) mass is 422 g/mol. The number of benzene rings is 3. The highest BCUT2D eigenvalue weighted by Crippen LogP contribution is 2.24. The molecule has 4 nitrogen and oxygen atoms in total. The van der Waals surface area contributed by atoms with Crippen LogP contribution in [-0.2, 0) is 11.4 Å². The lowest BCUT2D eigenvalue weighted by atomic mass is 10.0. The van der Waals surface area contributed by atoms with Crippen molar-refractivity contribution in [3.05, 3.63) is 106 Å². The smallest absolute Gasteiger partial charge is 0.254 e. The zero-order valence-corrected chi connectivity index (χ0v) is 16.9. The molecular formula is C24H20ClFN2O2. The van der Waals surface area contributed by atoms with E-state index in [1.807, 2.05) is 54.6 Å². The molecule has 0 fully saturated rings. The number of amides is 1. The molecule has 30 heavy (non-hydrogen) atoms. The van der Waals surface area contributed by atoms with Crippen molar-refractivity contribution < 1.29 is 14.0 Å². The van der Waals surface area contributed by atoms with Crippen LogP contribution in [0.3, 0.4) is 0 Å². The first-order valence-electron chi connectivity index (χ1n) is 9.66. The molecule has 0 bridgehead atoms. The fourth-order valence-corrected chi connectivity index (χ4v) is 3.70. The van der Waals surface area contributed by atoms with Gasteiger partial charge in [-0.1, -0.05) is 71.4 Å². The maximum atomic E-state index is 13.7. The van der Waals surface area contributed by atoms with Gasteiger partial charge in [-0.15, -0.1) is 0 Å². The lowest BCUT2D eigenvalue weighted by molar-refractivity contribution is 0.0405. The number of carbonyl (C=O) groups excluding carboxylic acids is 1. The van der Waals surface area contributed by atoms with Gasteiger partial charge in [0.05, 0.1) is 12.3 Å². The average Bonchev–Trinajstić information content (AvgIpc) is 3.22. The van der Waals surface area contributed by atoms with Crippen LogP contribution in [0.4, 0.5) is 4.39 Å². The highest BCUT2D eigenvalue weighted by molar-refractivity contribution is 6.34. The predicted molar refractivity (Wildman–Crippen MR) is 115 cm³/mol. The number of nitrogens with zero attached hydrogens (tertiary/aromatic N) is 2. The second-order valence-corrected chi connectivity index (χ2v) is 7.54. The van der Waals surface area contributed by atoms with E-state index in [2.05, 4.69) is 5.16 Å². The average molecular weight is 423 g/mol. The van der Waals surface area contributed by atoms with Crippen molar-refractivity contribution in [2.24, 2.45) is 5.16 Å². The van der Waals surface area contributed by atoms with Gasteiger partial charge in [0.1, 0.15) is 5.82 Å². The van der Waals surface area contributed by atoms with E-state index in [4.69, 9.17) is 16.4 Å². The van der Waals surface area contributed by atoms with Gasteiger partial charge in [0.25, 0.3) is 5.91 Å². The molecule has 3 aromatic rings. The Labute approximate surface area is 179 Å². The van der Waals surface area contributed by atoms with E-state index in [1.165, 1.54) is 18.2 Å². The van der Waals surface area contributed by atoms with E-state index >= 15 is 0 Å². The van der Waals surface area contributed by atoms with Crippen LogP contribution in [-0.4, -0.2) is 29.2 Å². The van der Waals surface area contributed by atoms with Crippen LogP contribution < -0.4 is 0 Å². The van der Waals surface area contributed by atoms with Crippen LogP contribution >= 0.6 is 11.6 Å². The molecule has 3 aromatic carbocycles. The number of halogens is 2. The Morgan fingerprint density at radius 2 is 1.83 bits per heavy atom. The summed E-state index contributed by atoms with van der Waals surface area (Å²) in [6.45, 7) is 0.708. The summed E-state index contributed by atoms with van der Waals surface area (Å²) in [4.78, 5) is 20.4. The van der Waals surface area contributed by atoms with Crippen LogP contribution in [0.5, 0.6) is 0 Å². The van der Waals surface area contributed by atoms with E-state index < -0.39 is 5.82 Å². The molecule has 1 atom stereocenters. The molecule has 1 aliphatic heterocycles. The second kappa shape index (κ2) is 9.09. The molecule has 0 unspecified atom stereocenters. The summed E-state index contributed by atoms with van der Waals surface area (Å²) >= 11 is 6.27. The first-order valence-corrected chi connectivity index (χ1v) is 10.0. The number of hydrogen-bond acceptors (Lipinski definition) is 3. The van der Waals surface area contributed by atoms with Crippen molar-refractivity contribution in [1.29, 1.82) is 0 Å². The molecule has 0 saturated carbocycles. The largest absolute Gasteiger partial charge is 0.390 e. The minimum Gasteiger partial charge on any atom is -0.390 e. The summed E-state index contributed by atoms with van der Waals surface area (Å²) in [6.07, 6.45) is 0.225. The van der Waals surface area contributed by atoms with Gasteiger partial charge in [0.15, 0.2) is 6.10 Å². The molecule has 1 aliphatic rings. The maximum Gasteiger partial charge on any atom is 0.254 e. The van der Waals surface area contributed by atoms with E-state index in [1.54, 1.807) is 11.0 Å². The summed E-state index contributed by atoms with van der Waals surface area (Å²) in [5.74, 6) is -0.699. The van der Waals surface area contributed by atoms with Crippen molar-refractivity contribution in [1.82, 2.24) is 4.90 Å². The number of oxime groups is 1. The first-order chi connectivity index (χ1) is 14.6. The molecular weight excluding hydrogens is 403 g/mol. The molecule has 0 aromatic heterocycles. The molecule has 1 amide bonds. The van der Waals surface area contributed by atoms with Gasteiger partial charge in [0, 0.05) is 29.1 Å². The topological polar surface area (TPSA) is 41.9 Å². The van der Waals surface area contributed by atoms with Gasteiger partial charge in [0.2, 0.25) is 0 Å². The SMILES string of the molecule is O=C(c1cccc(F)c1)N(Cc1ccccc1)C[C@H]1CC(c2ccccc2Cl)=NO1. The van der Waals surface area contributed by atoms with Gasteiger partial charge in [-0.3, -0.25) is 4.79 Å². The molecule has 6 heteroatoms. The van der Waals surface area contributed by atoms with E-state index in [0.717, 1.165) is 16.8 Å².